The number of rotatable bonds is 5. The van der Waals surface area contributed by atoms with Crippen molar-refractivity contribution in [1.82, 2.24) is 5.32 Å². The van der Waals surface area contributed by atoms with E-state index in [4.69, 9.17) is 5.11 Å². The summed E-state index contributed by atoms with van der Waals surface area (Å²) in [5.41, 5.74) is -4.10. The lowest BCUT2D eigenvalue weighted by atomic mass is 10.0. The second-order valence-corrected chi connectivity index (χ2v) is 4.32. The van der Waals surface area contributed by atoms with Gasteiger partial charge in [0.15, 0.2) is 0 Å². The molecule has 0 aliphatic rings. The number of nitrogens with one attached hydrogen (secondary N) is 1. The highest BCUT2D eigenvalue weighted by atomic mass is 19.4. The van der Waals surface area contributed by atoms with Crippen LogP contribution in [0.2, 0.25) is 0 Å². The Morgan fingerprint density at radius 2 is 2.00 bits per heavy atom. The van der Waals surface area contributed by atoms with Gasteiger partial charge >= 0.3 is 17.8 Å². The van der Waals surface area contributed by atoms with Crippen molar-refractivity contribution >= 4 is 11.7 Å². The lowest BCUT2D eigenvalue weighted by Crippen LogP contribution is -2.59. The van der Waals surface area contributed by atoms with E-state index in [1.54, 1.807) is 5.32 Å². The minimum absolute atomic E-state index is 0.0603. The molecule has 1 aromatic carbocycles. The van der Waals surface area contributed by atoms with Gasteiger partial charge in [0, 0.05) is 12.6 Å². The molecular formula is C11H10F4N2O4. The Morgan fingerprint density at radius 3 is 2.38 bits per heavy atom. The fraction of sp³-hybridized carbons (Fsp3) is 0.364. The van der Waals surface area contributed by atoms with Crippen LogP contribution in [0.4, 0.5) is 23.2 Å². The molecule has 116 valence electrons. The zero-order valence-electron chi connectivity index (χ0n) is 10.6. The third kappa shape index (κ3) is 3.45. The van der Waals surface area contributed by atoms with Gasteiger partial charge in [0.2, 0.25) is 11.4 Å². The summed E-state index contributed by atoms with van der Waals surface area (Å²) in [5, 5.41) is 20.8. The number of benzene rings is 1. The Morgan fingerprint density at radius 1 is 1.43 bits per heavy atom. The zero-order chi connectivity index (χ0) is 16.4. The van der Waals surface area contributed by atoms with E-state index in [1.807, 2.05) is 0 Å². The van der Waals surface area contributed by atoms with Crippen LogP contribution in [0.5, 0.6) is 0 Å². The van der Waals surface area contributed by atoms with E-state index in [2.05, 4.69) is 0 Å². The molecule has 0 aliphatic carbocycles. The van der Waals surface area contributed by atoms with Crippen molar-refractivity contribution in [1.29, 1.82) is 0 Å². The topological polar surface area (TPSA) is 92.5 Å². The molecule has 0 spiro atoms. The number of nitro groups is 1. The summed E-state index contributed by atoms with van der Waals surface area (Å²) >= 11 is 0. The first-order valence-corrected chi connectivity index (χ1v) is 5.47. The van der Waals surface area contributed by atoms with E-state index in [1.165, 1.54) is 0 Å². The zero-order valence-corrected chi connectivity index (χ0v) is 10.6. The summed E-state index contributed by atoms with van der Waals surface area (Å²) in [6.45, 7) is -0.200. The van der Waals surface area contributed by atoms with Crippen molar-refractivity contribution in [3.63, 3.8) is 0 Å². The fourth-order valence-electron chi connectivity index (χ4n) is 1.38. The van der Waals surface area contributed by atoms with Crippen LogP contribution >= 0.6 is 0 Å². The maximum absolute atomic E-state index is 13.3. The highest BCUT2D eigenvalue weighted by Gasteiger charge is 2.57. The van der Waals surface area contributed by atoms with E-state index in [0.29, 0.717) is 13.0 Å². The summed E-state index contributed by atoms with van der Waals surface area (Å²) in [4.78, 5) is 20.2. The van der Waals surface area contributed by atoms with Crippen molar-refractivity contribution in [2.75, 3.05) is 0 Å². The van der Waals surface area contributed by atoms with Gasteiger partial charge in [-0.1, -0.05) is 6.07 Å². The minimum Gasteiger partial charge on any atom is -0.480 e. The molecule has 0 heterocycles. The third-order valence-electron chi connectivity index (χ3n) is 2.85. The number of carboxylic acid groups (broad SMARTS) is 1. The van der Waals surface area contributed by atoms with E-state index in [-0.39, 0.29) is 5.56 Å². The normalized spacial score (nSPS) is 14.5. The molecule has 0 aromatic heterocycles. The second kappa shape index (κ2) is 5.64. The fourth-order valence-corrected chi connectivity index (χ4v) is 1.38. The lowest BCUT2D eigenvalue weighted by Gasteiger charge is -2.28. The standard InChI is InChI=1S/C11H10F4N2O4/c1-10(9(18)19,11(13,14)15)16-5-6-2-3-8(17(20)21)7(12)4-6/h2-4,16H,5H2,1H3,(H,18,19). The molecular weight excluding hydrogens is 300 g/mol. The molecule has 0 saturated carbocycles. The van der Waals surface area contributed by atoms with E-state index >= 15 is 0 Å². The average Bonchev–Trinajstić information content (AvgIpc) is 2.33. The summed E-state index contributed by atoms with van der Waals surface area (Å²) in [7, 11) is 0. The first-order chi connectivity index (χ1) is 9.49. The highest BCUT2D eigenvalue weighted by molar-refractivity contribution is 5.79. The van der Waals surface area contributed by atoms with Crippen LogP contribution < -0.4 is 5.32 Å². The van der Waals surface area contributed by atoms with Crippen molar-refractivity contribution in [3.8, 4) is 0 Å². The molecule has 10 heteroatoms. The van der Waals surface area contributed by atoms with Crippen molar-refractivity contribution < 1.29 is 32.4 Å². The van der Waals surface area contributed by atoms with E-state index < -0.39 is 40.7 Å². The Bertz CT molecular complexity index is 576. The predicted molar refractivity (Wildman–Crippen MR) is 62.0 cm³/mol. The number of alkyl halides is 3. The molecule has 0 fully saturated rings. The molecule has 0 radical (unpaired) electrons. The Balaban J connectivity index is 2.95. The largest absolute Gasteiger partial charge is 0.480 e. The SMILES string of the molecule is CC(NCc1ccc([N+](=O)[O-])c(F)c1)(C(=O)O)C(F)(F)F. The summed E-state index contributed by atoms with van der Waals surface area (Å²) < 4.78 is 51.4. The van der Waals surface area contributed by atoms with Gasteiger partial charge in [-0.05, 0) is 18.6 Å². The molecule has 1 rings (SSSR count). The van der Waals surface area contributed by atoms with E-state index in [0.717, 1.165) is 12.1 Å². The van der Waals surface area contributed by atoms with Gasteiger partial charge in [-0.2, -0.15) is 17.6 Å². The van der Waals surface area contributed by atoms with Crippen LogP contribution in [0.25, 0.3) is 0 Å². The quantitative estimate of drug-likeness (QED) is 0.494. The molecule has 2 N–H and O–H groups in total. The van der Waals surface area contributed by atoms with Gasteiger partial charge in [0.1, 0.15) is 0 Å². The summed E-state index contributed by atoms with van der Waals surface area (Å²) in [6.07, 6.45) is -5.07. The first kappa shape index (κ1) is 16.8. The lowest BCUT2D eigenvalue weighted by molar-refractivity contribution is -0.387. The first-order valence-electron chi connectivity index (χ1n) is 5.47. The smallest absolute Gasteiger partial charge is 0.417 e. The Labute approximate surface area is 115 Å². The van der Waals surface area contributed by atoms with Crippen molar-refractivity contribution in [2.45, 2.75) is 25.2 Å². The average molecular weight is 310 g/mol. The number of nitrogens with zero attached hydrogens (tertiary/aromatic N) is 1. The molecule has 1 aromatic rings. The molecule has 21 heavy (non-hydrogen) atoms. The van der Waals surface area contributed by atoms with Gasteiger partial charge in [0.25, 0.3) is 0 Å². The molecule has 6 nitrogen and oxygen atoms in total. The molecule has 0 aliphatic heterocycles. The van der Waals surface area contributed by atoms with E-state index in [9.17, 15) is 32.5 Å². The van der Waals surface area contributed by atoms with Crippen LogP contribution in [-0.4, -0.2) is 27.7 Å². The summed E-state index contributed by atoms with van der Waals surface area (Å²) in [6, 6.07) is 2.49. The predicted octanol–water partition coefficient (Wildman–Crippen LogP) is 2.23. The number of carbonyl (C=O) groups is 1. The minimum atomic E-state index is -5.07. The number of carboxylic acids is 1. The van der Waals surface area contributed by atoms with Gasteiger partial charge in [0.05, 0.1) is 4.92 Å². The number of nitro benzene ring substituents is 1. The second-order valence-electron chi connectivity index (χ2n) is 4.32. The maximum atomic E-state index is 13.3. The molecule has 0 amide bonds. The van der Waals surface area contributed by atoms with Gasteiger partial charge < -0.3 is 5.11 Å². The van der Waals surface area contributed by atoms with Crippen molar-refractivity contribution in [3.05, 3.63) is 39.7 Å². The Hall–Kier alpha value is -2.23. The van der Waals surface area contributed by atoms with Gasteiger partial charge in [-0.3, -0.25) is 15.4 Å². The van der Waals surface area contributed by atoms with Crippen molar-refractivity contribution in [2.24, 2.45) is 0 Å². The monoisotopic (exact) mass is 310 g/mol. The highest BCUT2D eigenvalue weighted by Crippen LogP contribution is 2.31. The third-order valence-corrected chi connectivity index (χ3v) is 2.85. The number of aliphatic carboxylic acids is 1. The summed E-state index contributed by atoms with van der Waals surface area (Å²) in [5.74, 6) is -3.36. The maximum Gasteiger partial charge on any atom is 0.417 e. The van der Waals surface area contributed by atoms with Gasteiger partial charge in [-0.15, -0.1) is 0 Å². The molecule has 0 saturated heterocycles. The van der Waals surface area contributed by atoms with Crippen LogP contribution in [0.3, 0.4) is 0 Å². The van der Waals surface area contributed by atoms with Crippen LogP contribution in [0.15, 0.2) is 18.2 Å². The number of halogens is 4. The number of hydrogen-bond donors (Lipinski definition) is 2. The van der Waals surface area contributed by atoms with Crippen LogP contribution in [0.1, 0.15) is 12.5 Å². The molecule has 1 atom stereocenters. The number of hydrogen-bond acceptors (Lipinski definition) is 4. The molecule has 0 bridgehead atoms. The van der Waals surface area contributed by atoms with Gasteiger partial charge in [-0.25, -0.2) is 4.79 Å². The Kier molecular flexibility index (Phi) is 4.52. The van der Waals surface area contributed by atoms with Crippen LogP contribution in [0, 0.1) is 15.9 Å². The van der Waals surface area contributed by atoms with Crippen LogP contribution in [-0.2, 0) is 11.3 Å². The molecule has 1 unspecified atom stereocenters.